The van der Waals surface area contributed by atoms with Crippen molar-refractivity contribution >= 4 is 26.6 Å². The monoisotopic (exact) mass is 265 g/mol. The summed E-state index contributed by atoms with van der Waals surface area (Å²) in [5.41, 5.74) is 0. The molecule has 6 heteroatoms. The lowest BCUT2D eigenvalue weighted by Gasteiger charge is -2.08. The Kier molecular flexibility index (Phi) is 3.78. The highest BCUT2D eigenvalue weighted by molar-refractivity contribution is 7.89. The van der Waals surface area contributed by atoms with Crippen LogP contribution in [0.15, 0.2) is 36.5 Å². The molecule has 96 valence electrons. The van der Waals surface area contributed by atoms with Crippen molar-refractivity contribution in [2.75, 3.05) is 17.6 Å². The van der Waals surface area contributed by atoms with Crippen molar-refractivity contribution in [1.29, 1.82) is 0 Å². The van der Waals surface area contributed by atoms with E-state index in [0.717, 1.165) is 16.6 Å². The first-order valence-corrected chi connectivity index (χ1v) is 7.36. The third-order valence-electron chi connectivity index (χ3n) is 2.57. The molecule has 2 aromatic rings. The van der Waals surface area contributed by atoms with Crippen LogP contribution in [0.25, 0.3) is 10.8 Å². The van der Waals surface area contributed by atoms with E-state index in [-0.39, 0.29) is 5.75 Å². The number of primary sulfonamides is 1. The highest BCUT2D eigenvalue weighted by Gasteiger charge is 2.03. The molecule has 2 rings (SSSR count). The fraction of sp³-hybridized carbons (Fsp3) is 0.250. The van der Waals surface area contributed by atoms with Crippen LogP contribution in [0.2, 0.25) is 0 Å². The number of nitrogens with two attached hydrogens (primary N) is 1. The van der Waals surface area contributed by atoms with Crippen LogP contribution in [-0.2, 0) is 10.0 Å². The second-order valence-electron chi connectivity index (χ2n) is 4.03. The Morgan fingerprint density at radius 2 is 2.00 bits per heavy atom. The van der Waals surface area contributed by atoms with E-state index in [1.165, 1.54) is 0 Å². The quantitative estimate of drug-likeness (QED) is 0.799. The Morgan fingerprint density at radius 1 is 1.22 bits per heavy atom. The lowest BCUT2D eigenvalue weighted by Crippen LogP contribution is -2.18. The summed E-state index contributed by atoms with van der Waals surface area (Å²) in [4.78, 5) is 4.25. The van der Waals surface area contributed by atoms with Crippen LogP contribution in [0.4, 0.5) is 5.82 Å². The summed E-state index contributed by atoms with van der Waals surface area (Å²) in [6.07, 6.45) is 2.19. The molecule has 0 radical (unpaired) electrons. The van der Waals surface area contributed by atoms with Gasteiger partial charge in [-0.25, -0.2) is 18.5 Å². The number of rotatable bonds is 5. The SMILES string of the molecule is NS(=O)(=O)CCCNc1nccc2ccccc12. The minimum atomic E-state index is -3.38. The smallest absolute Gasteiger partial charge is 0.209 e. The molecule has 0 saturated carbocycles. The molecule has 1 heterocycles. The van der Waals surface area contributed by atoms with Crippen LogP contribution in [-0.4, -0.2) is 25.7 Å². The first kappa shape index (κ1) is 12.8. The lowest BCUT2D eigenvalue weighted by molar-refractivity contribution is 0.596. The van der Waals surface area contributed by atoms with Crippen LogP contribution >= 0.6 is 0 Å². The molecule has 0 aliphatic rings. The van der Waals surface area contributed by atoms with Gasteiger partial charge >= 0.3 is 0 Å². The number of fused-ring (bicyclic) bond motifs is 1. The van der Waals surface area contributed by atoms with Crippen LogP contribution in [0, 0.1) is 0 Å². The summed E-state index contributed by atoms with van der Waals surface area (Å²) in [7, 11) is -3.38. The van der Waals surface area contributed by atoms with Gasteiger partial charge < -0.3 is 5.32 Å². The zero-order valence-corrected chi connectivity index (χ0v) is 10.7. The van der Waals surface area contributed by atoms with Gasteiger partial charge in [0.25, 0.3) is 0 Å². The number of nitrogens with one attached hydrogen (secondary N) is 1. The van der Waals surface area contributed by atoms with Gasteiger partial charge in [-0.3, -0.25) is 0 Å². The lowest BCUT2D eigenvalue weighted by atomic mass is 10.1. The Hall–Kier alpha value is -1.66. The van der Waals surface area contributed by atoms with E-state index >= 15 is 0 Å². The summed E-state index contributed by atoms with van der Waals surface area (Å²) >= 11 is 0. The van der Waals surface area contributed by atoms with Gasteiger partial charge in [0, 0.05) is 18.1 Å². The molecule has 0 unspecified atom stereocenters. The average molecular weight is 265 g/mol. The van der Waals surface area contributed by atoms with Gasteiger partial charge in [-0.1, -0.05) is 24.3 Å². The molecular weight excluding hydrogens is 250 g/mol. The van der Waals surface area contributed by atoms with Crippen LogP contribution in [0.1, 0.15) is 6.42 Å². The number of hydrogen-bond donors (Lipinski definition) is 2. The van der Waals surface area contributed by atoms with Gasteiger partial charge in [0.1, 0.15) is 5.82 Å². The first-order valence-electron chi connectivity index (χ1n) is 5.64. The van der Waals surface area contributed by atoms with Gasteiger partial charge in [0.05, 0.1) is 5.75 Å². The van der Waals surface area contributed by atoms with Gasteiger partial charge in [0.15, 0.2) is 0 Å². The second kappa shape index (κ2) is 5.32. The third-order valence-corrected chi connectivity index (χ3v) is 3.43. The van der Waals surface area contributed by atoms with Crippen molar-refractivity contribution in [2.45, 2.75) is 6.42 Å². The van der Waals surface area contributed by atoms with Crippen molar-refractivity contribution < 1.29 is 8.42 Å². The van der Waals surface area contributed by atoms with Gasteiger partial charge in [0.2, 0.25) is 10.0 Å². The predicted octanol–water partition coefficient (Wildman–Crippen LogP) is 1.33. The molecule has 0 aliphatic carbocycles. The first-order chi connectivity index (χ1) is 8.56. The van der Waals surface area contributed by atoms with Crippen LogP contribution in [0.3, 0.4) is 0 Å². The number of benzene rings is 1. The minimum absolute atomic E-state index is 0.0230. The maximum Gasteiger partial charge on any atom is 0.209 e. The number of nitrogens with zero attached hydrogens (tertiary/aromatic N) is 1. The zero-order chi connectivity index (χ0) is 13.0. The Morgan fingerprint density at radius 3 is 2.78 bits per heavy atom. The van der Waals surface area contributed by atoms with E-state index in [2.05, 4.69) is 10.3 Å². The van der Waals surface area contributed by atoms with Crippen molar-refractivity contribution in [1.82, 2.24) is 4.98 Å². The molecule has 18 heavy (non-hydrogen) atoms. The number of anilines is 1. The van der Waals surface area contributed by atoms with Crippen LogP contribution in [0.5, 0.6) is 0 Å². The predicted molar refractivity (Wildman–Crippen MR) is 72.8 cm³/mol. The molecular formula is C12H15N3O2S. The summed E-state index contributed by atoms with van der Waals surface area (Å²) < 4.78 is 21.6. The summed E-state index contributed by atoms with van der Waals surface area (Å²) in [5, 5.41) is 10.2. The van der Waals surface area contributed by atoms with E-state index in [9.17, 15) is 8.42 Å². The van der Waals surface area contributed by atoms with Gasteiger partial charge in [-0.15, -0.1) is 0 Å². The molecule has 0 fully saturated rings. The molecule has 0 atom stereocenters. The summed E-state index contributed by atoms with van der Waals surface area (Å²) in [6.45, 7) is 0.525. The van der Waals surface area contributed by atoms with E-state index in [1.54, 1.807) is 6.20 Å². The number of aromatic nitrogens is 1. The van der Waals surface area contributed by atoms with E-state index in [0.29, 0.717) is 13.0 Å². The van der Waals surface area contributed by atoms with Crippen molar-refractivity contribution in [2.24, 2.45) is 5.14 Å². The van der Waals surface area contributed by atoms with Crippen LogP contribution < -0.4 is 10.5 Å². The highest BCUT2D eigenvalue weighted by Crippen LogP contribution is 2.20. The fourth-order valence-corrected chi connectivity index (χ4v) is 2.29. The maximum atomic E-state index is 10.8. The van der Waals surface area contributed by atoms with Crippen molar-refractivity contribution in [3.63, 3.8) is 0 Å². The summed E-state index contributed by atoms with van der Waals surface area (Å²) in [5.74, 6) is 0.743. The standard InChI is InChI=1S/C12H15N3O2S/c13-18(16,17)9-3-7-14-12-11-5-2-1-4-10(11)6-8-15-12/h1-2,4-6,8H,3,7,9H2,(H,14,15)(H2,13,16,17). The van der Waals surface area contributed by atoms with E-state index in [4.69, 9.17) is 5.14 Å². The molecule has 0 saturated heterocycles. The largest absolute Gasteiger partial charge is 0.370 e. The normalized spacial score (nSPS) is 11.6. The third kappa shape index (κ3) is 3.41. The minimum Gasteiger partial charge on any atom is -0.370 e. The van der Waals surface area contributed by atoms with E-state index < -0.39 is 10.0 Å². The molecule has 5 nitrogen and oxygen atoms in total. The van der Waals surface area contributed by atoms with Gasteiger partial charge in [-0.05, 0) is 17.9 Å². The van der Waals surface area contributed by atoms with Crippen molar-refractivity contribution in [3.05, 3.63) is 36.5 Å². The molecule has 0 amide bonds. The Bertz CT molecular complexity index is 635. The molecule has 3 N–H and O–H groups in total. The molecule has 0 aliphatic heterocycles. The topological polar surface area (TPSA) is 85.1 Å². The van der Waals surface area contributed by atoms with Crippen molar-refractivity contribution in [3.8, 4) is 0 Å². The summed E-state index contributed by atoms with van der Waals surface area (Å²) in [6, 6.07) is 9.83. The van der Waals surface area contributed by atoms with Gasteiger partial charge in [-0.2, -0.15) is 0 Å². The number of pyridine rings is 1. The Labute approximate surface area is 106 Å². The molecule has 0 spiro atoms. The number of hydrogen-bond acceptors (Lipinski definition) is 4. The maximum absolute atomic E-state index is 10.8. The fourth-order valence-electron chi connectivity index (χ4n) is 1.74. The number of sulfonamides is 1. The second-order valence-corrected chi connectivity index (χ2v) is 5.76. The zero-order valence-electron chi connectivity index (χ0n) is 9.83. The van der Waals surface area contributed by atoms with E-state index in [1.807, 2.05) is 30.3 Å². The highest BCUT2D eigenvalue weighted by atomic mass is 32.2. The average Bonchev–Trinajstić information content (AvgIpc) is 2.33. The molecule has 1 aromatic heterocycles. The molecule has 1 aromatic carbocycles. The molecule has 0 bridgehead atoms. The Balaban J connectivity index is 2.04.